The Bertz CT molecular complexity index is 2230. The molecule has 1 fully saturated rings. The van der Waals surface area contributed by atoms with Gasteiger partial charge in [0.2, 0.25) is 0 Å². The van der Waals surface area contributed by atoms with Crippen molar-refractivity contribution in [1.29, 1.82) is 0 Å². The van der Waals surface area contributed by atoms with Gasteiger partial charge in [-0.3, -0.25) is 4.98 Å². The van der Waals surface area contributed by atoms with Gasteiger partial charge < -0.3 is 43.8 Å². The summed E-state index contributed by atoms with van der Waals surface area (Å²) < 4.78 is 21.1. The number of carbonyl (C=O) groups is 2. The van der Waals surface area contributed by atoms with E-state index in [0.29, 0.717) is 40.9 Å². The van der Waals surface area contributed by atoms with Crippen molar-refractivity contribution in [2.45, 2.75) is 144 Å². The fraction of sp³-hybridized carbons (Fsp3) is 0.588. The van der Waals surface area contributed by atoms with Crippen LogP contribution in [-0.2, 0) is 33.7 Å². The number of methoxy groups -OCH3 is 1. The number of ether oxygens (including phenoxy) is 2. The molecule has 0 radical (unpaired) electrons. The summed E-state index contributed by atoms with van der Waals surface area (Å²) in [6, 6.07) is 13.6. The molecule has 1 aliphatic rings. The normalized spacial score (nSPS) is 15.3. The molecule has 2 aromatic carbocycles. The number of nitrogens with zero attached hydrogens (tertiary/aromatic N) is 4. The molecule has 3 heterocycles. The highest BCUT2D eigenvalue weighted by Crippen LogP contribution is 2.45. The van der Waals surface area contributed by atoms with Crippen LogP contribution < -0.4 is 14.6 Å². The second kappa shape index (κ2) is 20.4. The number of anilines is 1. The van der Waals surface area contributed by atoms with Crippen LogP contribution >= 0.6 is 0 Å². The lowest BCUT2D eigenvalue weighted by Crippen LogP contribution is -2.50. The first-order valence-corrected chi connectivity index (χ1v) is 25.4. The number of alkyl carbamates (subject to hydrolysis) is 1. The maximum Gasteiger partial charge on any atom is 0.408 e. The summed E-state index contributed by atoms with van der Waals surface area (Å²) in [6.07, 6.45) is 1.54. The Kier molecular flexibility index (Phi) is 16.1. The number of rotatable bonds is 18. The molecule has 3 N–H and O–H groups in total. The van der Waals surface area contributed by atoms with E-state index in [9.17, 15) is 19.8 Å². The molecule has 5 rings (SSSR count). The molecular formula is C51H77N5O7Si. The fourth-order valence-electron chi connectivity index (χ4n) is 9.73. The van der Waals surface area contributed by atoms with E-state index in [0.717, 1.165) is 76.4 Å². The minimum atomic E-state index is -2.45. The van der Waals surface area contributed by atoms with Crippen LogP contribution in [0.5, 0.6) is 5.75 Å². The number of aliphatic carboxylic acids is 1. The number of amides is 1. The van der Waals surface area contributed by atoms with Gasteiger partial charge in [0.25, 0.3) is 8.32 Å². The molecule has 0 spiro atoms. The fourth-order valence-corrected chi connectivity index (χ4v) is 15.0. The number of fused-ring (bicyclic) bond motifs is 1. The summed E-state index contributed by atoms with van der Waals surface area (Å²) in [6.45, 7) is 31.6. The molecule has 2 atom stereocenters. The topological polar surface area (TPSA) is 139 Å². The largest absolute Gasteiger partial charge is 0.543 e. The standard InChI is InChI=1S/C51H77N5O7Si/c1-16-56-45-18-17-37(27-41(45)43(29-51(12,13)31-57)47(56)42-28-39(30-52-46(42)35(8)61-15)55-21-19-54(14)20-22-55)38-23-36(25-44(48(58)59)53-49(60)62-50(9,10)11)24-40(26-38)63-64(32(2)3,33(4)5)34(6)7/h17-18,23-24,26-28,30,32-35,44,57H,16,19-22,25,29,31H2,1-15H3,(H,53,60)(H,58,59)/t35-,44-/m0/s1. The highest BCUT2D eigenvalue weighted by Gasteiger charge is 2.47. The number of benzene rings is 2. The molecule has 0 bridgehead atoms. The minimum Gasteiger partial charge on any atom is -0.543 e. The number of carbonyl (C=O) groups excluding carboxylic acids is 1. The smallest absolute Gasteiger partial charge is 0.408 e. The first-order chi connectivity index (χ1) is 29.9. The SMILES string of the molecule is CCn1c(-c2cc(N3CCN(C)CC3)cnc2[C@H](C)OC)c(CC(C)(C)CO)c2cc(-c3cc(C[C@H](NC(=O)OC(C)(C)C)C(=O)O)cc(O[Si](C(C)C)(C(C)C)C(C)C)c3)ccc21. The van der Waals surface area contributed by atoms with E-state index in [1.54, 1.807) is 27.9 Å². The lowest BCUT2D eigenvalue weighted by molar-refractivity contribution is -0.139. The van der Waals surface area contributed by atoms with Crippen LogP contribution in [0.3, 0.4) is 0 Å². The van der Waals surface area contributed by atoms with Gasteiger partial charge in [0, 0.05) is 69.3 Å². The minimum absolute atomic E-state index is 0.00383. The summed E-state index contributed by atoms with van der Waals surface area (Å²) in [7, 11) is 1.42. The number of carboxylic acid groups (broad SMARTS) is 1. The lowest BCUT2D eigenvalue weighted by atomic mass is 9.84. The van der Waals surface area contributed by atoms with Crippen LogP contribution in [0.25, 0.3) is 33.3 Å². The quantitative estimate of drug-likeness (QED) is 0.0828. The number of aryl methyl sites for hydroxylation is 1. The summed E-state index contributed by atoms with van der Waals surface area (Å²) in [5.41, 5.74) is 8.40. The Labute approximate surface area is 383 Å². The molecule has 2 aromatic heterocycles. The maximum absolute atomic E-state index is 12.9. The molecular weight excluding hydrogens is 823 g/mol. The zero-order valence-corrected chi connectivity index (χ0v) is 42.4. The second-order valence-electron chi connectivity index (χ2n) is 20.6. The maximum atomic E-state index is 12.9. The lowest BCUT2D eigenvalue weighted by Gasteiger charge is -2.42. The number of pyridine rings is 1. The predicted octanol–water partition coefficient (Wildman–Crippen LogP) is 10.5. The van der Waals surface area contributed by atoms with Crippen molar-refractivity contribution in [1.82, 2.24) is 19.8 Å². The van der Waals surface area contributed by atoms with E-state index >= 15 is 0 Å². The molecule has 352 valence electrons. The highest BCUT2D eigenvalue weighted by atomic mass is 28.4. The van der Waals surface area contributed by atoms with Gasteiger partial charge in [-0.25, -0.2) is 9.59 Å². The van der Waals surface area contributed by atoms with Gasteiger partial charge in [0.1, 0.15) is 17.4 Å². The molecule has 0 aliphatic carbocycles. The molecule has 64 heavy (non-hydrogen) atoms. The first-order valence-electron chi connectivity index (χ1n) is 23.2. The Balaban J connectivity index is 1.78. The van der Waals surface area contributed by atoms with Gasteiger partial charge in [-0.1, -0.05) is 67.5 Å². The highest BCUT2D eigenvalue weighted by molar-refractivity contribution is 6.78. The number of carboxylic acids is 1. The van der Waals surface area contributed by atoms with Gasteiger partial charge >= 0.3 is 12.1 Å². The second-order valence-corrected chi connectivity index (χ2v) is 26.0. The van der Waals surface area contributed by atoms with Crippen molar-refractivity contribution in [3.63, 3.8) is 0 Å². The van der Waals surface area contributed by atoms with Crippen LogP contribution in [0.15, 0.2) is 48.7 Å². The molecule has 0 saturated carbocycles. The summed E-state index contributed by atoms with van der Waals surface area (Å²) in [5, 5.41) is 24.8. The van der Waals surface area contributed by atoms with E-state index in [-0.39, 0.29) is 19.1 Å². The predicted molar refractivity (Wildman–Crippen MR) is 262 cm³/mol. The van der Waals surface area contributed by atoms with Crippen molar-refractivity contribution >= 4 is 37.0 Å². The Hall–Kier alpha value is -4.43. The summed E-state index contributed by atoms with van der Waals surface area (Å²) in [5.74, 6) is -0.469. The van der Waals surface area contributed by atoms with Crippen LogP contribution in [-0.4, -0.2) is 104 Å². The Morgan fingerprint density at radius 3 is 2.08 bits per heavy atom. The van der Waals surface area contributed by atoms with E-state index in [2.05, 4.69) is 119 Å². The number of aromatic nitrogens is 2. The zero-order chi connectivity index (χ0) is 47.5. The number of hydrogen-bond donors (Lipinski definition) is 3. The third-order valence-electron chi connectivity index (χ3n) is 13.1. The Morgan fingerprint density at radius 1 is 0.891 bits per heavy atom. The van der Waals surface area contributed by atoms with Crippen molar-refractivity contribution in [3.8, 4) is 28.1 Å². The number of aliphatic hydroxyl groups excluding tert-OH is 1. The first kappa shape index (κ1) is 50.6. The molecule has 12 nitrogen and oxygen atoms in total. The zero-order valence-electron chi connectivity index (χ0n) is 41.4. The van der Waals surface area contributed by atoms with Gasteiger partial charge in [0.15, 0.2) is 0 Å². The average molecular weight is 900 g/mol. The number of hydrogen-bond acceptors (Lipinski definition) is 9. The van der Waals surface area contributed by atoms with Crippen LogP contribution in [0.4, 0.5) is 10.5 Å². The summed E-state index contributed by atoms with van der Waals surface area (Å²) in [4.78, 5) is 35.5. The van der Waals surface area contributed by atoms with Crippen molar-refractivity contribution < 1.29 is 33.7 Å². The average Bonchev–Trinajstić information content (AvgIpc) is 3.52. The van der Waals surface area contributed by atoms with Crippen molar-refractivity contribution in [2.75, 3.05) is 51.8 Å². The summed E-state index contributed by atoms with van der Waals surface area (Å²) >= 11 is 0. The molecule has 1 amide bonds. The molecule has 0 unspecified atom stereocenters. The number of aliphatic hydroxyl groups is 1. The number of nitrogens with one attached hydrogen (secondary N) is 1. The van der Waals surface area contributed by atoms with Gasteiger partial charge in [0.05, 0.1) is 29.4 Å². The van der Waals surface area contributed by atoms with Crippen molar-refractivity contribution in [2.24, 2.45) is 5.41 Å². The number of likely N-dealkylation sites (N-methyl/N-ethyl adjacent to an activating group) is 1. The van der Waals surface area contributed by atoms with Gasteiger partial charge in [-0.05, 0) is 123 Å². The molecule has 1 aliphatic heterocycles. The molecule has 1 saturated heterocycles. The third-order valence-corrected chi connectivity index (χ3v) is 19.1. The third kappa shape index (κ3) is 11.3. The van der Waals surface area contributed by atoms with E-state index < -0.39 is 37.4 Å². The van der Waals surface area contributed by atoms with Gasteiger partial charge in [-0.2, -0.15) is 0 Å². The van der Waals surface area contributed by atoms with Crippen molar-refractivity contribution in [3.05, 3.63) is 65.5 Å². The van der Waals surface area contributed by atoms with Crippen LogP contribution in [0.2, 0.25) is 16.6 Å². The Morgan fingerprint density at radius 2 is 1.53 bits per heavy atom. The van der Waals surface area contributed by atoms with Crippen LogP contribution in [0, 0.1) is 5.41 Å². The molecule has 4 aromatic rings. The van der Waals surface area contributed by atoms with E-state index in [1.807, 2.05) is 25.3 Å². The number of piperazine rings is 1. The van der Waals surface area contributed by atoms with E-state index in [1.165, 1.54) is 0 Å². The van der Waals surface area contributed by atoms with E-state index in [4.69, 9.17) is 18.9 Å². The van der Waals surface area contributed by atoms with Crippen LogP contribution in [0.1, 0.15) is 113 Å². The monoisotopic (exact) mass is 900 g/mol. The van der Waals surface area contributed by atoms with Gasteiger partial charge in [-0.15, -0.1) is 0 Å². The molecule has 13 heteroatoms.